The fraction of sp³-hybridized carbons (Fsp3) is 0.533. The highest BCUT2D eigenvalue weighted by Gasteiger charge is 2.39. The Bertz CT molecular complexity index is 479. The monoisotopic (exact) mass is 324 g/mol. The van der Waals surface area contributed by atoms with Crippen molar-refractivity contribution in [2.75, 3.05) is 18.0 Å². The van der Waals surface area contributed by atoms with Crippen LogP contribution in [0.2, 0.25) is 0 Å². The van der Waals surface area contributed by atoms with Gasteiger partial charge in [0.1, 0.15) is 0 Å². The van der Waals surface area contributed by atoms with Gasteiger partial charge in [-0.3, -0.25) is 4.79 Å². The molecule has 0 radical (unpaired) electrons. The molecule has 3 nitrogen and oxygen atoms in total. The van der Waals surface area contributed by atoms with Gasteiger partial charge in [0.15, 0.2) is 0 Å². The average molecular weight is 325 g/mol. The Balaban J connectivity index is 2.39. The van der Waals surface area contributed by atoms with Crippen LogP contribution in [0.1, 0.15) is 27.7 Å². The Kier molecular flexibility index (Phi) is 3.76. The zero-order valence-corrected chi connectivity index (χ0v) is 13.5. The summed E-state index contributed by atoms with van der Waals surface area (Å²) in [6.07, 6.45) is 0. The minimum atomic E-state index is -0.388. The van der Waals surface area contributed by atoms with E-state index in [0.29, 0.717) is 13.1 Å². The summed E-state index contributed by atoms with van der Waals surface area (Å²) in [4.78, 5) is 14.6. The third kappa shape index (κ3) is 3.18. The van der Waals surface area contributed by atoms with Gasteiger partial charge in [0, 0.05) is 28.8 Å². The van der Waals surface area contributed by atoms with E-state index in [1.165, 1.54) is 0 Å². The van der Waals surface area contributed by atoms with E-state index in [0.717, 1.165) is 10.2 Å². The first-order chi connectivity index (χ1) is 8.71. The molecule has 1 fully saturated rings. The van der Waals surface area contributed by atoms with Crippen LogP contribution >= 0.6 is 15.9 Å². The number of benzene rings is 1. The quantitative estimate of drug-likeness (QED) is 0.860. The van der Waals surface area contributed by atoms with Gasteiger partial charge in [-0.15, -0.1) is 0 Å². The van der Waals surface area contributed by atoms with E-state index in [-0.39, 0.29) is 16.9 Å². The third-order valence-electron chi connectivity index (χ3n) is 3.52. The minimum Gasteiger partial charge on any atom is -0.310 e. The molecule has 1 aromatic rings. The van der Waals surface area contributed by atoms with Crippen LogP contribution in [0.5, 0.6) is 0 Å². The molecule has 1 amide bonds. The van der Waals surface area contributed by atoms with Gasteiger partial charge in [-0.05, 0) is 52.0 Å². The Morgan fingerprint density at radius 3 is 2.32 bits per heavy atom. The van der Waals surface area contributed by atoms with Gasteiger partial charge in [0.25, 0.3) is 0 Å². The second-order valence-electron chi connectivity index (χ2n) is 6.49. The first kappa shape index (κ1) is 14.5. The molecule has 0 unspecified atom stereocenters. The number of carbonyl (C=O) groups is 1. The lowest BCUT2D eigenvalue weighted by molar-refractivity contribution is -0.125. The van der Waals surface area contributed by atoms with E-state index in [1.54, 1.807) is 0 Å². The van der Waals surface area contributed by atoms with Crippen LogP contribution in [0.15, 0.2) is 28.7 Å². The van der Waals surface area contributed by atoms with E-state index in [4.69, 9.17) is 0 Å². The molecular weight excluding hydrogens is 304 g/mol. The Labute approximate surface area is 123 Å². The number of halogens is 1. The Hall–Kier alpha value is -0.870. The SMILES string of the molecule is CC1(C)CN(c2ccc(Br)cc2)C(=O)C(C)(C)CN1. The maximum atomic E-state index is 12.7. The van der Waals surface area contributed by atoms with Crippen molar-refractivity contribution in [1.29, 1.82) is 0 Å². The highest BCUT2D eigenvalue weighted by atomic mass is 79.9. The van der Waals surface area contributed by atoms with Crippen LogP contribution in [-0.4, -0.2) is 24.5 Å². The van der Waals surface area contributed by atoms with E-state index in [9.17, 15) is 4.79 Å². The van der Waals surface area contributed by atoms with Crippen LogP contribution in [0.4, 0.5) is 5.69 Å². The summed E-state index contributed by atoms with van der Waals surface area (Å²) in [5.74, 6) is 0.174. The van der Waals surface area contributed by atoms with Crippen LogP contribution < -0.4 is 10.2 Å². The molecule has 4 heteroatoms. The number of nitrogens with zero attached hydrogens (tertiary/aromatic N) is 1. The zero-order valence-electron chi connectivity index (χ0n) is 12.0. The molecule has 0 saturated carbocycles. The highest BCUT2D eigenvalue weighted by Crippen LogP contribution is 2.29. The molecule has 0 aromatic heterocycles. The van der Waals surface area contributed by atoms with E-state index in [1.807, 2.05) is 43.0 Å². The molecule has 2 rings (SSSR count). The number of rotatable bonds is 1. The summed E-state index contributed by atoms with van der Waals surface area (Å²) in [5.41, 5.74) is 0.482. The highest BCUT2D eigenvalue weighted by molar-refractivity contribution is 9.10. The molecule has 1 heterocycles. The van der Waals surface area contributed by atoms with Gasteiger partial charge in [0.2, 0.25) is 5.91 Å². The Morgan fingerprint density at radius 1 is 1.16 bits per heavy atom. The molecule has 0 atom stereocenters. The number of hydrogen-bond donors (Lipinski definition) is 1. The van der Waals surface area contributed by atoms with Gasteiger partial charge in [0.05, 0.1) is 5.41 Å². The topological polar surface area (TPSA) is 32.3 Å². The lowest BCUT2D eigenvalue weighted by atomic mass is 9.91. The van der Waals surface area contributed by atoms with Crippen molar-refractivity contribution in [1.82, 2.24) is 5.32 Å². The molecule has 0 spiro atoms. The molecule has 1 aromatic carbocycles. The molecule has 1 aliphatic heterocycles. The third-order valence-corrected chi connectivity index (χ3v) is 4.05. The van der Waals surface area contributed by atoms with Crippen LogP contribution in [-0.2, 0) is 4.79 Å². The number of amides is 1. The summed E-state index contributed by atoms with van der Waals surface area (Å²) in [7, 11) is 0. The second kappa shape index (κ2) is 4.91. The van der Waals surface area contributed by atoms with E-state index in [2.05, 4.69) is 35.1 Å². The van der Waals surface area contributed by atoms with Crippen molar-refractivity contribution in [2.45, 2.75) is 33.2 Å². The van der Waals surface area contributed by atoms with Gasteiger partial charge in [-0.1, -0.05) is 15.9 Å². The zero-order chi connectivity index (χ0) is 14.3. The summed E-state index contributed by atoms with van der Waals surface area (Å²) >= 11 is 3.43. The average Bonchev–Trinajstić information content (AvgIpc) is 2.41. The molecule has 19 heavy (non-hydrogen) atoms. The van der Waals surface area contributed by atoms with Crippen LogP contribution in [0.25, 0.3) is 0 Å². The van der Waals surface area contributed by atoms with E-state index < -0.39 is 0 Å². The molecule has 104 valence electrons. The Morgan fingerprint density at radius 2 is 1.74 bits per heavy atom. The molecule has 0 aliphatic carbocycles. The van der Waals surface area contributed by atoms with Crippen LogP contribution in [0, 0.1) is 5.41 Å². The number of nitrogens with one attached hydrogen (secondary N) is 1. The van der Waals surface area contributed by atoms with Crippen molar-refractivity contribution in [3.8, 4) is 0 Å². The summed E-state index contributed by atoms with van der Waals surface area (Å²) in [5, 5.41) is 3.48. The van der Waals surface area contributed by atoms with E-state index >= 15 is 0 Å². The smallest absolute Gasteiger partial charge is 0.233 e. The van der Waals surface area contributed by atoms with Crippen molar-refractivity contribution in [3.05, 3.63) is 28.7 Å². The van der Waals surface area contributed by atoms with Crippen molar-refractivity contribution >= 4 is 27.5 Å². The molecule has 0 bridgehead atoms. The lowest BCUT2D eigenvalue weighted by Crippen LogP contribution is -2.47. The minimum absolute atomic E-state index is 0.0868. The maximum Gasteiger partial charge on any atom is 0.233 e. The number of carbonyl (C=O) groups excluding carboxylic acids is 1. The molecule has 1 aliphatic rings. The standard InChI is InChI=1S/C15H21BrN2O/c1-14(2)9-17-15(3,4)10-18(13(14)19)12-7-5-11(16)6-8-12/h5-8,17H,9-10H2,1-4H3. The van der Waals surface area contributed by atoms with Gasteiger partial charge >= 0.3 is 0 Å². The van der Waals surface area contributed by atoms with Gasteiger partial charge in [-0.25, -0.2) is 0 Å². The van der Waals surface area contributed by atoms with Crippen molar-refractivity contribution < 1.29 is 4.79 Å². The second-order valence-corrected chi connectivity index (χ2v) is 7.40. The first-order valence-electron chi connectivity index (χ1n) is 6.54. The normalized spacial score (nSPS) is 22.2. The fourth-order valence-electron chi connectivity index (χ4n) is 2.25. The summed E-state index contributed by atoms with van der Waals surface area (Å²) in [6.45, 7) is 9.63. The number of hydrogen-bond acceptors (Lipinski definition) is 2. The lowest BCUT2D eigenvalue weighted by Gasteiger charge is -2.31. The first-order valence-corrected chi connectivity index (χ1v) is 7.33. The maximum absolute atomic E-state index is 12.7. The summed E-state index contributed by atoms with van der Waals surface area (Å²) in [6, 6.07) is 7.92. The van der Waals surface area contributed by atoms with Crippen molar-refractivity contribution in [2.24, 2.45) is 5.41 Å². The molecule has 1 N–H and O–H groups in total. The van der Waals surface area contributed by atoms with Gasteiger partial charge in [-0.2, -0.15) is 0 Å². The molecule has 1 saturated heterocycles. The molecular formula is C15H21BrN2O. The largest absolute Gasteiger partial charge is 0.310 e. The fourth-order valence-corrected chi connectivity index (χ4v) is 2.52. The van der Waals surface area contributed by atoms with Crippen molar-refractivity contribution in [3.63, 3.8) is 0 Å². The van der Waals surface area contributed by atoms with Crippen LogP contribution in [0.3, 0.4) is 0 Å². The predicted octanol–water partition coefficient (Wildman–Crippen LogP) is 3.19. The predicted molar refractivity (Wildman–Crippen MR) is 82.4 cm³/mol. The summed E-state index contributed by atoms with van der Waals surface area (Å²) < 4.78 is 1.02. The van der Waals surface area contributed by atoms with Gasteiger partial charge < -0.3 is 10.2 Å². The number of anilines is 1.